The van der Waals surface area contributed by atoms with Gasteiger partial charge in [0.25, 0.3) is 5.91 Å². The van der Waals surface area contributed by atoms with Gasteiger partial charge < -0.3 is 25.8 Å². The zero-order chi connectivity index (χ0) is 30.8. The summed E-state index contributed by atoms with van der Waals surface area (Å²) in [5, 5.41) is 9.09. The molecule has 3 unspecified atom stereocenters. The van der Waals surface area contributed by atoms with Crippen LogP contribution in [0.15, 0.2) is 30.3 Å². The minimum Gasteiger partial charge on any atom is -0.356 e. The van der Waals surface area contributed by atoms with Crippen LogP contribution in [0, 0.1) is 29.1 Å². The van der Waals surface area contributed by atoms with Gasteiger partial charge in [-0.15, -0.1) is 11.6 Å². The molecule has 228 valence electrons. The zero-order valence-electron chi connectivity index (χ0n) is 25.0. The highest BCUT2D eigenvalue weighted by Crippen LogP contribution is 2.64. The number of para-hydroxylation sites is 1. The van der Waals surface area contributed by atoms with E-state index in [9.17, 15) is 24.0 Å². The van der Waals surface area contributed by atoms with E-state index >= 15 is 0 Å². The van der Waals surface area contributed by atoms with Crippen LogP contribution in [0.3, 0.4) is 0 Å². The van der Waals surface area contributed by atoms with Gasteiger partial charge in [0.05, 0.1) is 18.5 Å². The number of Topliss-reactive ketones (excluding diaryl/α,β-unsaturated/α-hetero) is 1. The normalized spacial score (nSPS) is 24.4. The first-order chi connectivity index (χ1) is 19.8. The second-order valence-corrected chi connectivity index (χ2v) is 13.1. The fourth-order valence-electron chi connectivity index (χ4n) is 6.17. The maximum absolute atomic E-state index is 13.5. The van der Waals surface area contributed by atoms with Gasteiger partial charge in [-0.3, -0.25) is 24.0 Å². The number of aromatic amines is 1. The van der Waals surface area contributed by atoms with Crippen molar-refractivity contribution in [3.8, 4) is 0 Å². The van der Waals surface area contributed by atoms with Crippen molar-refractivity contribution >= 4 is 51.9 Å². The predicted octanol–water partition coefficient (Wildman–Crippen LogP) is 2.86. The molecule has 3 aliphatic rings. The summed E-state index contributed by atoms with van der Waals surface area (Å²) in [5.74, 6) is -1.46. The van der Waals surface area contributed by atoms with Gasteiger partial charge in [-0.25, -0.2) is 0 Å². The Morgan fingerprint density at radius 2 is 1.83 bits per heavy atom. The molecule has 2 aliphatic heterocycles. The van der Waals surface area contributed by atoms with Crippen molar-refractivity contribution in [2.75, 3.05) is 25.5 Å². The molecule has 1 aromatic carbocycles. The minimum absolute atomic E-state index is 0.0580. The zero-order valence-corrected chi connectivity index (χ0v) is 25.7. The van der Waals surface area contributed by atoms with Crippen LogP contribution in [-0.2, 0) is 19.2 Å². The van der Waals surface area contributed by atoms with Crippen LogP contribution in [0.4, 0.5) is 0 Å². The second-order valence-electron chi connectivity index (χ2n) is 12.8. The summed E-state index contributed by atoms with van der Waals surface area (Å²) in [4.78, 5) is 68.6. The van der Waals surface area contributed by atoms with E-state index in [2.05, 4.69) is 55.6 Å². The van der Waals surface area contributed by atoms with Crippen molar-refractivity contribution in [1.29, 1.82) is 0 Å². The Morgan fingerprint density at radius 3 is 2.45 bits per heavy atom. The summed E-state index contributed by atoms with van der Waals surface area (Å²) in [6.45, 7) is 11.3. The number of nitrogens with one attached hydrogen (secondary N) is 4. The Kier molecular flexibility index (Phi) is 9.65. The number of nitrogens with zero attached hydrogens (tertiary/aromatic N) is 1. The van der Waals surface area contributed by atoms with Crippen LogP contribution in [0.25, 0.3) is 10.9 Å². The Morgan fingerprint density at radius 1 is 1.14 bits per heavy atom. The first-order valence-corrected chi connectivity index (χ1v) is 15.2. The molecule has 42 heavy (non-hydrogen) atoms. The molecular weight excluding hydrogens is 558 g/mol. The molecule has 0 radical (unpaired) electrons. The number of ketones is 1. The standard InChI is InChI=1S/C27H32ClN5O5.C4H10/c1-27(2)16-13-33(21(35)12-30-25(37)19-9-14-5-3-4-6-17(14)31-19)23(22(16)27)26(38)32-18(20(34)11-28)10-15-7-8-29-24(15)36;1-4(2)3/h3-6,9,15-16,18,22-23,31H,7-8,10-13H2,1-2H3,(H,29,36)(H,30,37)(H,32,38);4H,1-3H3/t15?,16-,18?,22?,23-;/m0./s1. The largest absolute Gasteiger partial charge is 0.356 e. The van der Waals surface area contributed by atoms with Crippen LogP contribution >= 0.6 is 11.6 Å². The predicted molar refractivity (Wildman–Crippen MR) is 161 cm³/mol. The smallest absolute Gasteiger partial charge is 0.268 e. The highest BCUT2D eigenvalue weighted by atomic mass is 35.5. The summed E-state index contributed by atoms with van der Waals surface area (Å²) >= 11 is 5.81. The quantitative estimate of drug-likeness (QED) is 0.328. The number of hydrogen-bond donors (Lipinski definition) is 4. The van der Waals surface area contributed by atoms with Crippen LogP contribution < -0.4 is 16.0 Å². The molecule has 4 N–H and O–H groups in total. The molecule has 5 atom stereocenters. The number of H-pyrrole nitrogens is 1. The van der Waals surface area contributed by atoms with Crippen molar-refractivity contribution in [2.45, 2.75) is 59.5 Å². The molecule has 3 heterocycles. The number of rotatable bonds is 9. The van der Waals surface area contributed by atoms with Crippen molar-refractivity contribution in [3.63, 3.8) is 0 Å². The lowest BCUT2D eigenvalue weighted by Crippen LogP contribution is -2.55. The van der Waals surface area contributed by atoms with Crippen molar-refractivity contribution < 1.29 is 24.0 Å². The van der Waals surface area contributed by atoms with Gasteiger partial charge >= 0.3 is 0 Å². The van der Waals surface area contributed by atoms with E-state index in [0.717, 1.165) is 16.8 Å². The van der Waals surface area contributed by atoms with Gasteiger partial charge in [-0.1, -0.05) is 52.8 Å². The Hall–Kier alpha value is -3.40. The molecule has 3 fully saturated rings. The van der Waals surface area contributed by atoms with Crippen LogP contribution in [0.5, 0.6) is 0 Å². The first-order valence-electron chi connectivity index (χ1n) is 14.7. The van der Waals surface area contributed by atoms with E-state index in [4.69, 9.17) is 11.6 Å². The first kappa shape index (κ1) is 31.5. The highest BCUT2D eigenvalue weighted by molar-refractivity contribution is 6.28. The summed E-state index contributed by atoms with van der Waals surface area (Å²) in [7, 11) is 0. The third-order valence-corrected chi connectivity index (χ3v) is 8.76. The van der Waals surface area contributed by atoms with E-state index in [1.54, 1.807) is 6.07 Å². The van der Waals surface area contributed by atoms with Crippen LogP contribution in [-0.4, -0.2) is 76.9 Å². The van der Waals surface area contributed by atoms with Crippen molar-refractivity contribution in [3.05, 3.63) is 36.0 Å². The number of benzene rings is 1. The average molecular weight is 600 g/mol. The number of amides is 4. The highest BCUT2D eigenvalue weighted by Gasteiger charge is 2.69. The molecule has 0 bridgehead atoms. The lowest BCUT2D eigenvalue weighted by molar-refractivity contribution is -0.140. The lowest BCUT2D eigenvalue weighted by Gasteiger charge is -2.31. The van der Waals surface area contributed by atoms with Gasteiger partial charge in [0, 0.05) is 29.9 Å². The van der Waals surface area contributed by atoms with E-state index in [1.165, 1.54) is 4.90 Å². The van der Waals surface area contributed by atoms with E-state index < -0.39 is 23.9 Å². The topological polar surface area (TPSA) is 140 Å². The number of likely N-dealkylation sites (tertiary alicyclic amines) is 1. The summed E-state index contributed by atoms with van der Waals surface area (Å²) < 4.78 is 0. The molecule has 11 heteroatoms. The number of aromatic nitrogens is 1. The number of hydrogen-bond acceptors (Lipinski definition) is 5. The molecule has 0 spiro atoms. The van der Waals surface area contributed by atoms with Gasteiger partial charge in [0.1, 0.15) is 11.7 Å². The molecule has 1 aromatic heterocycles. The third kappa shape index (κ3) is 6.80. The number of halogens is 1. The number of fused-ring (bicyclic) bond motifs is 2. The van der Waals surface area contributed by atoms with Gasteiger partial charge in [0.15, 0.2) is 5.78 Å². The van der Waals surface area contributed by atoms with E-state index in [1.807, 2.05) is 24.3 Å². The molecule has 2 aromatic rings. The van der Waals surface area contributed by atoms with Crippen molar-refractivity contribution in [1.82, 2.24) is 25.8 Å². The summed E-state index contributed by atoms with van der Waals surface area (Å²) in [6.07, 6.45) is 0.754. The average Bonchev–Trinajstić information content (AvgIpc) is 3.45. The number of piperidine rings is 1. The number of alkyl halides is 1. The number of carbonyl (C=O) groups is 5. The lowest BCUT2D eigenvalue weighted by atomic mass is 9.95. The second kappa shape index (κ2) is 12.9. The fourth-order valence-corrected chi connectivity index (χ4v) is 6.35. The van der Waals surface area contributed by atoms with Crippen LogP contribution in [0.2, 0.25) is 0 Å². The molecule has 4 amide bonds. The third-order valence-electron chi connectivity index (χ3n) is 8.49. The Balaban J connectivity index is 0.000000952. The monoisotopic (exact) mass is 599 g/mol. The van der Waals surface area contributed by atoms with Gasteiger partial charge in [-0.05, 0) is 48.1 Å². The summed E-state index contributed by atoms with van der Waals surface area (Å²) in [6, 6.07) is 7.53. The Bertz CT molecular complexity index is 1320. The molecule has 2 saturated heterocycles. The van der Waals surface area contributed by atoms with Crippen molar-refractivity contribution in [2.24, 2.45) is 29.1 Å². The maximum atomic E-state index is 13.5. The van der Waals surface area contributed by atoms with E-state index in [0.29, 0.717) is 25.2 Å². The van der Waals surface area contributed by atoms with E-state index in [-0.39, 0.29) is 59.6 Å². The van der Waals surface area contributed by atoms with Gasteiger partial charge in [-0.2, -0.15) is 0 Å². The van der Waals surface area contributed by atoms with Gasteiger partial charge in [0.2, 0.25) is 17.7 Å². The fraction of sp³-hybridized carbons (Fsp3) is 0.581. The molecular formula is C31H42ClN5O5. The molecule has 5 rings (SSSR count). The van der Waals surface area contributed by atoms with Crippen LogP contribution in [0.1, 0.15) is 57.9 Å². The molecule has 1 aliphatic carbocycles. The molecule has 10 nitrogen and oxygen atoms in total. The number of carbonyl (C=O) groups excluding carboxylic acids is 5. The molecule has 1 saturated carbocycles. The maximum Gasteiger partial charge on any atom is 0.268 e. The summed E-state index contributed by atoms with van der Waals surface area (Å²) in [5.41, 5.74) is 1.04. The Labute approximate surface area is 251 Å². The SMILES string of the molecule is CC(C)C.CC1(C)C2[C@@H](C(=O)NC(CC3CCNC3=O)C(=O)CCl)N(C(=O)CNC(=O)c3cc4ccccc4[nH]3)C[C@@H]21. The minimum atomic E-state index is -0.909.